The highest BCUT2D eigenvalue weighted by atomic mass is 16.2. The van der Waals surface area contributed by atoms with Crippen molar-refractivity contribution in [2.75, 3.05) is 19.6 Å². The molecule has 1 fully saturated rings. The topological polar surface area (TPSA) is 74.2 Å². The van der Waals surface area contributed by atoms with Crippen LogP contribution in [0, 0.1) is 13.8 Å². The zero-order valence-corrected chi connectivity index (χ0v) is 16.9. The van der Waals surface area contributed by atoms with E-state index in [2.05, 4.69) is 33.3 Å². The molecule has 2 aromatic heterocycles. The monoisotopic (exact) mass is 371 g/mol. The second-order valence-electron chi connectivity index (χ2n) is 7.38. The molecule has 1 saturated heterocycles. The van der Waals surface area contributed by atoms with Gasteiger partial charge in [-0.05, 0) is 40.2 Å². The Morgan fingerprint density at radius 2 is 2.04 bits per heavy atom. The van der Waals surface area contributed by atoms with Crippen LogP contribution in [-0.4, -0.2) is 61.7 Å². The Labute approximate surface area is 160 Å². The van der Waals surface area contributed by atoms with E-state index in [1.165, 1.54) is 0 Å². The number of piperazine rings is 1. The number of ketones is 1. The number of aromatic nitrogens is 3. The minimum atomic E-state index is -0.0235. The summed E-state index contributed by atoms with van der Waals surface area (Å²) in [5.74, 6) is 1.03. The average molecular weight is 371 g/mol. The molecule has 1 aliphatic rings. The fourth-order valence-corrected chi connectivity index (χ4v) is 4.03. The minimum Gasteiger partial charge on any atom is -0.354 e. The van der Waals surface area contributed by atoms with E-state index in [-0.39, 0.29) is 17.7 Å². The molecule has 1 amide bonds. The van der Waals surface area contributed by atoms with E-state index in [1.54, 1.807) is 6.92 Å². The van der Waals surface area contributed by atoms with Crippen molar-refractivity contribution in [1.29, 1.82) is 0 Å². The van der Waals surface area contributed by atoms with Crippen LogP contribution < -0.4 is 0 Å². The normalized spacial score (nSPS) is 18.1. The van der Waals surface area contributed by atoms with E-state index < -0.39 is 0 Å². The molecule has 2 aromatic rings. The number of carbonyl (C=O) groups excluding carboxylic acids is 2. The molecule has 1 atom stereocenters. The van der Waals surface area contributed by atoms with Crippen molar-refractivity contribution in [2.45, 2.75) is 53.8 Å². The van der Waals surface area contributed by atoms with Gasteiger partial charge in [0.2, 0.25) is 0 Å². The van der Waals surface area contributed by atoms with Gasteiger partial charge in [0.25, 0.3) is 5.91 Å². The second-order valence-corrected chi connectivity index (χ2v) is 7.38. The summed E-state index contributed by atoms with van der Waals surface area (Å²) in [6, 6.07) is 0.244. The van der Waals surface area contributed by atoms with Gasteiger partial charge in [-0.3, -0.25) is 14.5 Å². The van der Waals surface area contributed by atoms with Crippen molar-refractivity contribution >= 4 is 11.7 Å². The van der Waals surface area contributed by atoms with E-state index in [0.29, 0.717) is 24.3 Å². The van der Waals surface area contributed by atoms with Crippen LogP contribution in [0.1, 0.15) is 58.7 Å². The van der Waals surface area contributed by atoms with Gasteiger partial charge in [-0.2, -0.15) is 0 Å². The molecule has 0 radical (unpaired) electrons. The smallest absolute Gasteiger partial charge is 0.270 e. The molecular formula is C20H29N5O2. The zero-order chi connectivity index (χ0) is 19.7. The molecule has 3 heterocycles. The molecule has 1 N–H and O–H groups in total. The predicted octanol–water partition coefficient (Wildman–Crippen LogP) is 2.40. The first-order valence-corrected chi connectivity index (χ1v) is 9.56. The second kappa shape index (κ2) is 7.68. The SMILES string of the molecule is CCn1ccnc1CN1CCN(C(=O)c2[nH]c(C)c(C(C)=O)c2C)C[C@@H]1C. The summed E-state index contributed by atoms with van der Waals surface area (Å²) in [6.45, 7) is 13.3. The van der Waals surface area contributed by atoms with Gasteiger partial charge < -0.3 is 14.5 Å². The van der Waals surface area contributed by atoms with Crippen LogP contribution in [0.15, 0.2) is 12.4 Å². The Bertz CT molecular complexity index is 851. The highest BCUT2D eigenvalue weighted by Crippen LogP contribution is 2.22. The molecule has 7 nitrogen and oxygen atoms in total. The lowest BCUT2D eigenvalue weighted by molar-refractivity contribution is 0.0480. The first-order chi connectivity index (χ1) is 12.8. The van der Waals surface area contributed by atoms with Gasteiger partial charge in [0.15, 0.2) is 5.78 Å². The Hall–Kier alpha value is -2.41. The number of hydrogen-bond acceptors (Lipinski definition) is 4. The number of Topliss-reactive ketones (excluding diaryl/α,β-unsaturated/α-hetero) is 1. The van der Waals surface area contributed by atoms with Crippen LogP contribution in [0.2, 0.25) is 0 Å². The largest absolute Gasteiger partial charge is 0.354 e. The first-order valence-electron chi connectivity index (χ1n) is 9.56. The molecule has 27 heavy (non-hydrogen) atoms. The van der Waals surface area contributed by atoms with E-state index in [0.717, 1.165) is 36.7 Å². The zero-order valence-electron chi connectivity index (χ0n) is 16.9. The number of H-pyrrole nitrogens is 1. The molecule has 146 valence electrons. The summed E-state index contributed by atoms with van der Waals surface area (Å²) >= 11 is 0. The number of nitrogens with one attached hydrogen (secondary N) is 1. The molecule has 0 spiro atoms. The third kappa shape index (κ3) is 3.69. The molecule has 0 bridgehead atoms. The highest BCUT2D eigenvalue weighted by molar-refractivity contribution is 6.02. The molecule has 7 heteroatoms. The number of aryl methyl sites for hydroxylation is 2. The van der Waals surface area contributed by atoms with Crippen LogP contribution in [0.5, 0.6) is 0 Å². The number of nitrogens with zero attached hydrogens (tertiary/aromatic N) is 4. The number of aromatic amines is 1. The lowest BCUT2D eigenvalue weighted by atomic mass is 10.1. The fraction of sp³-hybridized carbons (Fsp3) is 0.550. The highest BCUT2D eigenvalue weighted by Gasteiger charge is 2.30. The quantitative estimate of drug-likeness (QED) is 0.819. The molecule has 0 unspecified atom stereocenters. The predicted molar refractivity (Wildman–Crippen MR) is 104 cm³/mol. The van der Waals surface area contributed by atoms with E-state index in [4.69, 9.17) is 0 Å². The van der Waals surface area contributed by atoms with Crippen molar-refractivity contribution in [3.8, 4) is 0 Å². The van der Waals surface area contributed by atoms with Gasteiger partial charge in [-0.15, -0.1) is 0 Å². The van der Waals surface area contributed by atoms with Crippen LogP contribution in [0.25, 0.3) is 0 Å². The Balaban J connectivity index is 1.70. The molecule has 0 aromatic carbocycles. The first kappa shape index (κ1) is 19.4. The van der Waals surface area contributed by atoms with E-state index in [1.807, 2.05) is 31.1 Å². The number of carbonyl (C=O) groups is 2. The summed E-state index contributed by atoms with van der Waals surface area (Å²) in [5.41, 5.74) is 2.70. The lowest BCUT2D eigenvalue weighted by Crippen LogP contribution is -2.53. The summed E-state index contributed by atoms with van der Waals surface area (Å²) in [5, 5.41) is 0. The Kier molecular flexibility index (Phi) is 5.51. The molecule has 0 aliphatic carbocycles. The number of amides is 1. The maximum atomic E-state index is 13.0. The molecule has 1 aliphatic heterocycles. The maximum Gasteiger partial charge on any atom is 0.270 e. The number of hydrogen-bond donors (Lipinski definition) is 1. The molecule has 3 rings (SSSR count). The van der Waals surface area contributed by atoms with Crippen molar-refractivity contribution in [2.24, 2.45) is 0 Å². The van der Waals surface area contributed by atoms with E-state index in [9.17, 15) is 9.59 Å². The summed E-state index contributed by atoms with van der Waals surface area (Å²) in [7, 11) is 0. The van der Waals surface area contributed by atoms with Gasteiger partial charge >= 0.3 is 0 Å². The lowest BCUT2D eigenvalue weighted by Gasteiger charge is -2.39. The third-order valence-corrected chi connectivity index (χ3v) is 5.54. The van der Waals surface area contributed by atoms with Crippen LogP contribution >= 0.6 is 0 Å². The average Bonchev–Trinajstić information content (AvgIpc) is 3.19. The number of rotatable bonds is 5. The third-order valence-electron chi connectivity index (χ3n) is 5.54. The maximum absolute atomic E-state index is 13.0. The number of imidazole rings is 1. The Morgan fingerprint density at radius 1 is 1.30 bits per heavy atom. The van der Waals surface area contributed by atoms with Crippen LogP contribution in [0.4, 0.5) is 0 Å². The van der Waals surface area contributed by atoms with Gasteiger partial charge in [0, 0.05) is 55.9 Å². The fourth-order valence-electron chi connectivity index (χ4n) is 4.03. The van der Waals surface area contributed by atoms with E-state index >= 15 is 0 Å². The minimum absolute atomic E-state index is 0.00934. The standard InChI is InChI=1S/C20H29N5O2/c1-6-23-8-7-21-17(23)12-24-9-10-25(11-13(24)2)20(27)19-14(3)18(16(5)26)15(4)22-19/h7-8,13,22H,6,9-12H2,1-5H3/t13-/m0/s1. The summed E-state index contributed by atoms with van der Waals surface area (Å²) < 4.78 is 2.15. The summed E-state index contributed by atoms with van der Waals surface area (Å²) in [6.07, 6.45) is 3.84. The van der Waals surface area contributed by atoms with Gasteiger partial charge in [0.05, 0.1) is 6.54 Å². The van der Waals surface area contributed by atoms with Crippen molar-refractivity contribution in [3.63, 3.8) is 0 Å². The van der Waals surface area contributed by atoms with Crippen molar-refractivity contribution in [1.82, 2.24) is 24.3 Å². The summed E-state index contributed by atoms with van der Waals surface area (Å²) in [4.78, 5) is 36.7. The van der Waals surface area contributed by atoms with Gasteiger partial charge in [0.1, 0.15) is 11.5 Å². The van der Waals surface area contributed by atoms with Crippen LogP contribution in [0.3, 0.4) is 0 Å². The van der Waals surface area contributed by atoms with Gasteiger partial charge in [-0.25, -0.2) is 4.98 Å². The molecule has 0 saturated carbocycles. The Morgan fingerprint density at radius 3 is 2.63 bits per heavy atom. The van der Waals surface area contributed by atoms with Crippen molar-refractivity contribution in [3.05, 3.63) is 40.7 Å². The molecular weight excluding hydrogens is 342 g/mol. The van der Waals surface area contributed by atoms with Crippen LogP contribution in [-0.2, 0) is 13.1 Å². The van der Waals surface area contributed by atoms with Crippen molar-refractivity contribution < 1.29 is 9.59 Å². The van der Waals surface area contributed by atoms with Gasteiger partial charge in [-0.1, -0.05) is 0 Å².